The molecule has 1 aromatic heterocycles. The van der Waals surface area contributed by atoms with Crippen molar-refractivity contribution in [2.75, 3.05) is 11.9 Å². The standard InChI is InChI=1S/C11H15NOS/c1-8(9-3-4-9)12(2)10-5-11(6-13)14-7-10/h5-9H,3-4H2,1-2H3. The van der Waals surface area contributed by atoms with E-state index in [1.807, 2.05) is 6.07 Å². The zero-order valence-corrected chi connectivity index (χ0v) is 9.38. The third-order valence-electron chi connectivity index (χ3n) is 3.04. The normalized spacial score (nSPS) is 17.9. The minimum atomic E-state index is 0.601. The van der Waals surface area contributed by atoms with E-state index in [4.69, 9.17) is 0 Å². The number of hydrogen-bond donors (Lipinski definition) is 0. The monoisotopic (exact) mass is 209 g/mol. The number of carbonyl (C=O) groups is 1. The van der Waals surface area contributed by atoms with Gasteiger partial charge in [-0.3, -0.25) is 4.79 Å². The second-order valence-corrected chi connectivity index (χ2v) is 4.96. The van der Waals surface area contributed by atoms with Crippen molar-refractivity contribution < 1.29 is 4.79 Å². The molecule has 0 bridgehead atoms. The van der Waals surface area contributed by atoms with E-state index < -0.39 is 0 Å². The molecule has 2 rings (SSSR count). The average Bonchev–Trinajstić information content (AvgIpc) is 2.94. The van der Waals surface area contributed by atoms with Crippen LogP contribution < -0.4 is 4.90 Å². The van der Waals surface area contributed by atoms with E-state index in [0.717, 1.165) is 17.1 Å². The van der Waals surface area contributed by atoms with Crippen LogP contribution in [0.25, 0.3) is 0 Å². The van der Waals surface area contributed by atoms with Gasteiger partial charge >= 0.3 is 0 Å². The summed E-state index contributed by atoms with van der Waals surface area (Å²) in [5, 5.41) is 2.06. The molecule has 2 nitrogen and oxygen atoms in total. The van der Waals surface area contributed by atoms with Crippen LogP contribution in [-0.2, 0) is 0 Å². The molecule has 1 fully saturated rings. The molecule has 1 unspecified atom stereocenters. The van der Waals surface area contributed by atoms with Crippen LogP contribution in [0.3, 0.4) is 0 Å². The molecule has 0 radical (unpaired) electrons. The average molecular weight is 209 g/mol. The van der Waals surface area contributed by atoms with Gasteiger partial charge in [-0.25, -0.2) is 0 Å². The molecule has 1 saturated carbocycles. The molecule has 0 spiro atoms. The summed E-state index contributed by atoms with van der Waals surface area (Å²) in [6, 6.07) is 2.57. The lowest BCUT2D eigenvalue weighted by Gasteiger charge is -2.25. The summed E-state index contributed by atoms with van der Waals surface area (Å²) < 4.78 is 0. The number of hydrogen-bond acceptors (Lipinski definition) is 3. The minimum Gasteiger partial charge on any atom is -0.371 e. The quantitative estimate of drug-likeness (QED) is 0.711. The molecule has 1 atom stereocenters. The Balaban J connectivity index is 2.08. The fourth-order valence-electron chi connectivity index (χ4n) is 1.72. The first-order chi connectivity index (χ1) is 6.72. The van der Waals surface area contributed by atoms with E-state index in [1.54, 1.807) is 0 Å². The van der Waals surface area contributed by atoms with Crippen molar-refractivity contribution in [3.8, 4) is 0 Å². The van der Waals surface area contributed by atoms with Crippen LogP contribution in [0.15, 0.2) is 11.4 Å². The Morgan fingerprint density at radius 3 is 2.86 bits per heavy atom. The zero-order valence-electron chi connectivity index (χ0n) is 8.56. The fraction of sp³-hybridized carbons (Fsp3) is 0.545. The molecule has 1 aromatic rings. The van der Waals surface area contributed by atoms with Gasteiger partial charge in [0.15, 0.2) is 6.29 Å². The number of nitrogens with zero attached hydrogens (tertiary/aromatic N) is 1. The molecule has 1 aliphatic carbocycles. The smallest absolute Gasteiger partial charge is 0.160 e. The Morgan fingerprint density at radius 1 is 1.64 bits per heavy atom. The van der Waals surface area contributed by atoms with Gasteiger partial charge in [0.2, 0.25) is 0 Å². The van der Waals surface area contributed by atoms with E-state index in [2.05, 4.69) is 24.3 Å². The van der Waals surface area contributed by atoms with Gasteiger partial charge in [-0.15, -0.1) is 11.3 Å². The summed E-state index contributed by atoms with van der Waals surface area (Å²) in [4.78, 5) is 13.6. The van der Waals surface area contributed by atoms with Crippen LogP contribution >= 0.6 is 11.3 Å². The lowest BCUT2D eigenvalue weighted by atomic mass is 10.2. The van der Waals surface area contributed by atoms with Crippen LogP contribution in [0.4, 0.5) is 5.69 Å². The molecule has 3 heteroatoms. The van der Waals surface area contributed by atoms with Gasteiger partial charge in [-0.05, 0) is 31.7 Å². The molecular formula is C11H15NOS. The first-order valence-corrected chi connectivity index (χ1v) is 5.87. The van der Waals surface area contributed by atoms with Crippen molar-refractivity contribution in [1.29, 1.82) is 0 Å². The van der Waals surface area contributed by atoms with Crippen molar-refractivity contribution in [2.45, 2.75) is 25.8 Å². The molecule has 14 heavy (non-hydrogen) atoms. The van der Waals surface area contributed by atoms with E-state index in [0.29, 0.717) is 6.04 Å². The van der Waals surface area contributed by atoms with Gasteiger partial charge < -0.3 is 4.90 Å². The third kappa shape index (κ3) is 1.82. The zero-order chi connectivity index (χ0) is 10.1. The molecular weight excluding hydrogens is 194 g/mol. The summed E-state index contributed by atoms with van der Waals surface area (Å²) >= 11 is 1.52. The largest absolute Gasteiger partial charge is 0.371 e. The van der Waals surface area contributed by atoms with Gasteiger partial charge in [-0.2, -0.15) is 0 Å². The fourth-order valence-corrected chi connectivity index (χ4v) is 2.45. The summed E-state index contributed by atoms with van der Waals surface area (Å²) in [6.45, 7) is 2.26. The Bertz CT molecular complexity index is 330. The maximum atomic E-state index is 10.6. The molecule has 0 N–H and O–H groups in total. The van der Waals surface area contributed by atoms with E-state index >= 15 is 0 Å². The topological polar surface area (TPSA) is 20.3 Å². The van der Waals surface area contributed by atoms with Crippen molar-refractivity contribution in [3.63, 3.8) is 0 Å². The molecule has 0 aliphatic heterocycles. The molecule has 0 saturated heterocycles. The van der Waals surface area contributed by atoms with Crippen LogP contribution in [0.2, 0.25) is 0 Å². The lowest BCUT2D eigenvalue weighted by Crippen LogP contribution is -2.30. The Morgan fingerprint density at radius 2 is 2.36 bits per heavy atom. The van der Waals surface area contributed by atoms with E-state index in [9.17, 15) is 4.79 Å². The highest BCUT2D eigenvalue weighted by atomic mass is 32.1. The first-order valence-electron chi connectivity index (χ1n) is 4.99. The van der Waals surface area contributed by atoms with Crippen molar-refractivity contribution in [1.82, 2.24) is 0 Å². The van der Waals surface area contributed by atoms with Crippen molar-refractivity contribution in [2.24, 2.45) is 5.92 Å². The van der Waals surface area contributed by atoms with Crippen LogP contribution in [0, 0.1) is 5.92 Å². The van der Waals surface area contributed by atoms with Crippen LogP contribution in [0.5, 0.6) is 0 Å². The van der Waals surface area contributed by atoms with E-state index in [1.165, 1.54) is 29.9 Å². The summed E-state index contributed by atoms with van der Waals surface area (Å²) in [7, 11) is 2.11. The molecule has 0 aromatic carbocycles. The predicted molar refractivity (Wildman–Crippen MR) is 60.3 cm³/mol. The number of carbonyl (C=O) groups excluding carboxylic acids is 1. The Labute approximate surface area is 88.5 Å². The maximum Gasteiger partial charge on any atom is 0.160 e. The molecule has 0 amide bonds. The van der Waals surface area contributed by atoms with Crippen molar-refractivity contribution >= 4 is 23.3 Å². The summed E-state index contributed by atoms with van der Waals surface area (Å²) in [5.74, 6) is 0.861. The predicted octanol–water partition coefficient (Wildman–Crippen LogP) is 2.80. The second kappa shape index (κ2) is 3.73. The number of rotatable bonds is 4. The summed E-state index contributed by atoms with van der Waals surface area (Å²) in [6.07, 6.45) is 3.64. The van der Waals surface area contributed by atoms with Crippen molar-refractivity contribution in [3.05, 3.63) is 16.3 Å². The highest BCUT2D eigenvalue weighted by Gasteiger charge is 2.30. The third-order valence-corrected chi connectivity index (χ3v) is 3.89. The molecule has 1 heterocycles. The maximum absolute atomic E-state index is 10.6. The number of anilines is 1. The number of thiophene rings is 1. The highest BCUT2D eigenvalue weighted by Crippen LogP contribution is 2.36. The van der Waals surface area contributed by atoms with Crippen LogP contribution in [0.1, 0.15) is 29.4 Å². The SMILES string of the molecule is CC(C1CC1)N(C)c1csc(C=O)c1. The van der Waals surface area contributed by atoms with Gasteiger partial charge in [0.25, 0.3) is 0 Å². The van der Waals surface area contributed by atoms with Gasteiger partial charge in [-0.1, -0.05) is 0 Å². The minimum absolute atomic E-state index is 0.601. The first kappa shape index (κ1) is 9.71. The lowest BCUT2D eigenvalue weighted by molar-refractivity contribution is 0.112. The van der Waals surface area contributed by atoms with E-state index in [-0.39, 0.29) is 0 Å². The van der Waals surface area contributed by atoms with Gasteiger partial charge in [0.05, 0.1) is 4.88 Å². The van der Waals surface area contributed by atoms with Gasteiger partial charge in [0.1, 0.15) is 0 Å². The number of aldehydes is 1. The Kier molecular flexibility index (Phi) is 2.59. The molecule has 76 valence electrons. The summed E-state index contributed by atoms with van der Waals surface area (Å²) in [5.41, 5.74) is 1.18. The van der Waals surface area contributed by atoms with Gasteiger partial charge in [0, 0.05) is 24.2 Å². The molecule has 1 aliphatic rings. The van der Waals surface area contributed by atoms with Crippen LogP contribution in [-0.4, -0.2) is 19.4 Å². The highest BCUT2D eigenvalue weighted by molar-refractivity contribution is 7.12. The second-order valence-electron chi connectivity index (χ2n) is 4.01. The Hall–Kier alpha value is -0.830.